The lowest BCUT2D eigenvalue weighted by Gasteiger charge is -2.11. The number of pyridine rings is 1. The molecule has 0 bridgehead atoms. The molecule has 30 heavy (non-hydrogen) atoms. The second-order valence-corrected chi connectivity index (χ2v) is 7.49. The summed E-state index contributed by atoms with van der Waals surface area (Å²) in [6.45, 7) is 0. The maximum atomic E-state index is 12.5. The van der Waals surface area contributed by atoms with E-state index in [0.29, 0.717) is 11.0 Å². The topological polar surface area (TPSA) is 92.9 Å². The Morgan fingerprint density at radius 1 is 1.03 bits per heavy atom. The maximum absolute atomic E-state index is 12.5. The van der Waals surface area contributed by atoms with E-state index in [1.54, 1.807) is 36.7 Å². The van der Waals surface area contributed by atoms with Gasteiger partial charge in [0.2, 0.25) is 5.91 Å². The number of para-hydroxylation sites is 1. The van der Waals surface area contributed by atoms with Gasteiger partial charge in [0, 0.05) is 29.3 Å². The number of anilines is 1. The van der Waals surface area contributed by atoms with Crippen molar-refractivity contribution in [1.82, 2.24) is 19.7 Å². The molecule has 0 aliphatic rings. The number of carbonyl (C=O) groups is 1. The van der Waals surface area contributed by atoms with Crippen molar-refractivity contribution < 1.29 is 9.90 Å². The van der Waals surface area contributed by atoms with E-state index < -0.39 is 0 Å². The molecule has 0 aliphatic carbocycles. The molecule has 4 rings (SSSR count). The lowest BCUT2D eigenvalue weighted by molar-refractivity contribution is -0.113. The first-order chi connectivity index (χ1) is 14.6. The summed E-state index contributed by atoms with van der Waals surface area (Å²) in [5.41, 5.74) is 3.43. The normalized spacial score (nSPS) is 10.7. The maximum Gasteiger partial charge on any atom is 0.234 e. The summed E-state index contributed by atoms with van der Waals surface area (Å²) in [4.78, 5) is 16.5. The van der Waals surface area contributed by atoms with Gasteiger partial charge in [-0.05, 0) is 42.5 Å². The van der Waals surface area contributed by atoms with E-state index in [1.165, 1.54) is 11.8 Å². The lowest BCUT2D eigenvalue weighted by atomic mass is 9.94. The van der Waals surface area contributed by atoms with Crippen molar-refractivity contribution in [2.75, 3.05) is 11.1 Å². The summed E-state index contributed by atoms with van der Waals surface area (Å²) in [6.07, 6.45) is 3.38. The number of hydrogen-bond donors (Lipinski definition) is 2. The first-order valence-electron chi connectivity index (χ1n) is 9.25. The van der Waals surface area contributed by atoms with Gasteiger partial charge in [0.05, 0.1) is 5.75 Å². The van der Waals surface area contributed by atoms with Crippen molar-refractivity contribution >= 4 is 36.7 Å². The minimum atomic E-state index is -0.125. The van der Waals surface area contributed by atoms with E-state index in [2.05, 4.69) is 20.5 Å². The van der Waals surface area contributed by atoms with E-state index in [-0.39, 0.29) is 17.4 Å². The highest BCUT2D eigenvalue weighted by atomic mass is 32.2. The molecule has 0 atom stereocenters. The highest BCUT2D eigenvalue weighted by molar-refractivity contribution is 7.99. The van der Waals surface area contributed by atoms with Crippen LogP contribution in [0.4, 0.5) is 5.69 Å². The lowest BCUT2D eigenvalue weighted by Crippen LogP contribution is -2.20. The van der Waals surface area contributed by atoms with E-state index in [9.17, 15) is 9.90 Å². The third-order valence-electron chi connectivity index (χ3n) is 4.43. The van der Waals surface area contributed by atoms with Crippen LogP contribution in [0.1, 0.15) is 0 Å². The second kappa shape index (κ2) is 8.83. The van der Waals surface area contributed by atoms with Crippen LogP contribution in [-0.2, 0) is 4.79 Å². The molecule has 148 valence electrons. The molecular formula is C21H18BN5O2S. The molecule has 2 aromatic heterocycles. The van der Waals surface area contributed by atoms with E-state index in [4.69, 9.17) is 0 Å². The first-order valence-corrected chi connectivity index (χ1v) is 10.2. The Hall–Kier alpha value is -3.59. The fourth-order valence-corrected chi connectivity index (χ4v) is 3.67. The Morgan fingerprint density at radius 3 is 2.50 bits per heavy atom. The SMILES string of the molecule is Bc1ccccc1NC(=O)CSc1nnc(-c2ccncc2)n1-c1ccc(O)cc1. The van der Waals surface area contributed by atoms with Crippen LogP contribution in [0.2, 0.25) is 0 Å². The monoisotopic (exact) mass is 415 g/mol. The van der Waals surface area contributed by atoms with Crippen LogP contribution < -0.4 is 10.8 Å². The Kier molecular flexibility index (Phi) is 5.81. The molecule has 0 unspecified atom stereocenters. The van der Waals surface area contributed by atoms with Crippen molar-refractivity contribution in [3.8, 4) is 22.8 Å². The largest absolute Gasteiger partial charge is 0.508 e. The first kappa shape index (κ1) is 19.7. The van der Waals surface area contributed by atoms with E-state index in [0.717, 1.165) is 22.4 Å². The molecule has 0 saturated carbocycles. The number of phenols is 1. The van der Waals surface area contributed by atoms with Crippen molar-refractivity contribution in [2.45, 2.75) is 5.16 Å². The predicted octanol–water partition coefficient (Wildman–Crippen LogP) is 2.02. The number of rotatable bonds is 6. The summed E-state index contributed by atoms with van der Waals surface area (Å²) in [5, 5.41) is 21.8. The number of phenolic OH excluding ortho intramolecular Hbond substituents is 1. The number of nitrogens with one attached hydrogen (secondary N) is 1. The molecule has 2 heterocycles. The van der Waals surface area contributed by atoms with Gasteiger partial charge in [0.1, 0.15) is 13.6 Å². The Labute approximate surface area is 178 Å². The molecule has 0 aliphatic heterocycles. The van der Waals surface area contributed by atoms with Crippen molar-refractivity contribution in [3.63, 3.8) is 0 Å². The highest BCUT2D eigenvalue weighted by Gasteiger charge is 2.17. The predicted molar refractivity (Wildman–Crippen MR) is 120 cm³/mol. The van der Waals surface area contributed by atoms with Gasteiger partial charge in [-0.2, -0.15) is 0 Å². The van der Waals surface area contributed by atoms with Gasteiger partial charge >= 0.3 is 0 Å². The fourth-order valence-electron chi connectivity index (χ4n) is 2.92. The van der Waals surface area contributed by atoms with E-state index >= 15 is 0 Å². The number of amides is 1. The molecule has 7 nitrogen and oxygen atoms in total. The zero-order chi connectivity index (χ0) is 20.9. The van der Waals surface area contributed by atoms with Gasteiger partial charge in [-0.15, -0.1) is 10.2 Å². The number of hydrogen-bond acceptors (Lipinski definition) is 6. The fraction of sp³-hybridized carbons (Fsp3) is 0.0476. The molecular weight excluding hydrogens is 397 g/mol. The third-order valence-corrected chi connectivity index (χ3v) is 5.36. The zero-order valence-electron chi connectivity index (χ0n) is 16.2. The Morgan fingerprint density at radius 2 is 1.77 bits per heavy atom. The Bertz CT molecular complexity index is 1170. The third kappa shape index (κ3) is 4.36. The summed E-state index contributed by atoms with van der Waals surface area (Å²) >= 11 is 1.29. The molecule has 1 amide bonds. The average Bonchev–Trinajstić information content (AvgIpc) is 3.19. The number of thioether (sulfide) groups is 1. The molecule has 0 radical (unpaired) electrons. The van der Waals surface area contributed by atoms with Gasteiger partial charge in [-0.25, -0.2) is 0 Å². The molecule has 0 fully saturated rings. The van der Waals surface area contributed by atoms with Gasteiger partial charge in [0.25, 0.3) is 0 Å². The van der Waals surface area contributed by atoms with E-state index in [1.807, 2.05) is 48.8 Å². The molecule has 2 N–H and O–H groups in total. The standard InChI is InChI=1S/C21H18BN5O2S/c22-17-3-1-2-4-18(17)24-19(29)13-30-21-26-25-20(14-9-11-23-12-10-14)27(21)15-5-7-16(28)8-6-15/h1-12,28H,13,22H2,(H,24,29). The highest BCUT2D eigenvalue weighted by Crippen LogP contribution is 2.28. The molecule has 4 aromatic rings. The summed E-state index contributed by atoms with van der Waals surface area (Å²) in [7, 11) is 1.95. The van der Waals surface area contributed by atoms with Crippen molar-refractivity contribution in [3.05, 3.63) is 73.1 Å². The minimum Gasteiger partial charge on any atom is -0.508 e. The van der Waals surface area contributed by atoms with Gasteiger partial charge in [-0.3, -0.25) is 14.3 Å². The van der Waals surface area contributed by atoms with Gasteiger partial charge in [0.15, 0.2) is 11.0 Å². The number of nitrogens with zero attached hydrogens (tertiary/aromatic N) is 4. The number of aromatic hydroxyl groups is 1. The van der Waals surface area contributed by atoms with Gasteiger partial charge in [-0.1, -0.05) is 35.4 Å². The zero-order valence-corrected chi connectivity index (χ0v) is 17.0. The summed E-state index contributed by atoms with van der Waals surface area (Å²) < 4.78 is 1.86. The van der Waals surface area contributed by atoms with Crippen LogP contribution in [0.5, 0.6) is 5.75 Å². The molecule has 0 spiro atoms. The Balaban J connectivity index is 1.60. The number of aromatic nitrogens is 4. The second-order valence-electron chi connectivity index (χ2n) is 6.55. The van der Waals surface area contributed by atoms with Crippen molar-refractivity contribution in [2.24, 2.45) is 0 Å². The summed E-state index contributed by atoms with van der Waals surface area (Å²) in [6, 6.07) is 18.1. The van der Waals surface area contributed by atoms with Crippen LogP contribution in [0.25, 0.3) is 17.1 Å². The van der Waals surface area contributed by atoms with Crippen LogP contribution in [0.3, 0.4) is 0 Å². The van der Waals surface area contributed by atoms with Crippen LogP contribution in [0, 0.1) is 0 Å². The average molecular weight is 415 g/mol. The van der Waals surface area contributed by atoms with Crippen LogP contribution in [-0.4, -0.2) is 44.4 Å². The van der Waals surface area contributed by atoms with Crippen LogP contribution >= 0.6 is 11.8 Å². The molecule has 0 saturated heterocycles. The number of carbonyl (C=O) groups excluding carboxylic acids is 1. The van der Waals surface area contributed by atoms with Crippen LogP contribution in [0.15, 0.2) is 78.2 Å². The quantitative estimate of drug-likeness (QED) is 0.370. The van der Waals surface area contributed by atoms with Gasteiger partial charge < -0.3 is 10.4 Å². The van der Waals surface area contributed by atoms with Crippen molar-refractivity contribution in [1.29, 1.82) is 0 Å². The smallest absolute Gasteiger partial charge is 0.234 e. The summed E-state index contributed by atoms with van der Waals surface area (Å²) in [5.74, 6) is 0.856. The molecule has 2 aromatic carbocycles. The molecule has 9 heteroatoms. The number of benzene rings is 2. The minimum absolute atomic E-state index is 0.125.